The Kier molecular flexibility index (Phi) is 5.30. The fourth-order valence-corrected chi connectivity index (χ4v) is 3.80. The fourth-order valence-electron chi connectivity index (χ4n) is 2.91. The predicted octanol–water partition coefficient (Wildman–Crippen LogP) is 5.12. The molecule has 0 spiro atoms. The van der Waals surface area contributed by atoms with E-state index in [1.807, 2.05) is 66.7 Å². The van der Waals surface area contributed by atoms with Gasteiger partial charge >= 0.3 is 0 Å². The van der Waals surface area contributed by atoms with E-state index in [-0.39, 0.29) is 5.91 Å². The average molecular weight is 389 g/mol. The van der Waals surface area contributed by atoms with Crippen LogP contribution < -0.4 is 10.1 Å². The molecule has 0 radical (unpaired) electrons. The molecule has 0 unspecified atom stereocenters. The Morgan fingerprint density at radius 1 is 1.07 bits per heavy atom. The van der Waals surface area contributed by atoms with Crippen molar-refractivity contribution in [1.29, 1.82) is 0 Å². The van der Waals surface area contributed by atoms with Gasteiger partial charge in [0.2, 0.25) is 0 Å². The van der Waals surface area contributed by atoms with Gasteiger partial charge < -0.3 is 15.0 Å². The van der Waals surface area contributed by atoms with E-state index in [4.69, 9.17) is 4.74 Å². The number of nitrogens with one attached hydrogen (secondary N) is 2. The maximum Gasteiger partial charge on any atom is 0.255 e. The lowest BCUT2D eigenvalue weighted by Gasteiger charge is -2.10. The summed E-state index contributed by atoms with van der Waals surface area (Å²) in [6.45, 7) is 0. The van der Waals surface area contributed by atoms with Crippen LogP contribution in [0.2, 0.25) is 0 Å². The molecule has 1 amide bonds. The molecule has 0 saturated heterocycles. The molecule has 0 aliphatic rings. The van der Waals surface area contributed by atoms with Gasteiger partial charge in [0.1, 0.15) is 5.75 Å². The highest BCUT2D eigenvalue weighted by Crippen LogP contribution is 2.25. The lowest BCUT2D eigenvalue weighted by atomic mass is 10.1. The molecule has 4 rings (SSSR count). The number of fused-ring (bicyclic) bond motifs is 1. The smallest absolute Gasteiger partial charge is 0.255 e. The van der Waals surface area contributed by atoms with Crippen LogP contribution in [-0.2, 0) is 5.75 Å². The quantitative estimate of drug-likeness (QED) is 0.449. The van der Waals surface area contributed by atoms with E-state index in [0.29, 0.717) is 22.8 Å². The van der Waals surface area contributed by atoms with Crippen LogP contribution >= 0.6 is 11.8 Å². The number of hydrogen-bond donors (Lipinski definition) is 2. The van der Waals surface area contributed by atoms with Gasteiger partial charge in [-0.3, -0.25) is 4.79 Å². The lowest BCUT2D eigenvalue weighted by molar-refractivity contribution is 0.102. The molecule has 4 aromatic rings. The number of anilines is 1. The van der Waals surface area contributed by atoms with Crippen molar-refractivity contribution in [2.75, 3.05) is 12.4 Å². The van der Waals surface area contributed by atoms with Gasteiger partial charge in [-0.25, -0.2) is 4.98 Å². The molecule has 1 aromatic heterocycles. The number of imidazole rings is 1. The zero-order valence-corrected chi connectivity index (χ0v) is 16.1. The topological polar surface area (TPSA) is 67.0 Å². The Labute approximate surface area is 167 Å². The van der Waals surface area contributed by atoms with Gasteiger partial charge in [0, 0.05) is 23.1 Å². The van der Waals surface area contributed by atoms with Crippen LogP contribution in [0.5, 0.6) is 5.75 Å². The summed E-state index contributed by atoms with van der Waals surface area (Å²) in [6, 6.07) is 22.9. The van der Waals surface area contributed by atoms with E-state index in [1.54, 1.807) is 24.9 Å². The van der Waals surface area contributed by atoms with Gasteiger partial charge in [0.25, 0.3) is 5.91 Å². The summed E-state index contributed by atoms with van der Waals surface area (Å²) >= 11 is 1.58. The van der Waals surface area contributed by atoms with Crippen LogP contribution in [0.3, 0.4) is 0 Å². The lowest BCUT2D eigenvalue weighted by Crippen LogP contribution is -2.14. The van der Waals surface area contributed by atoms with Crippen LogP contribution in [0.1, 0.15) is 15.9 Å². The number of thioether (sulfide) groups is 1. The molecule has 0 aliphatic carbocycles. The third kappa shape index (κ3) is 4.02. The number of benzene rings is 3. The number of methoxy groups -OCH3 is 1. The van der Waals surface area contributed by atoms with Crippen LogP contribution in [0, 0.1) is 0 Å². The minimum Gasteiger partial charge on any atom is -0.497 e. The second-order valence-corrected chi connectivity index (χ2v) is 7.16. The van der Waals surface area contributed by atoms with Crippen molar-refractivity contribution in [3.05, 3.63) is 83.9 Å². The largest absolute Gasteiger partial charge is 0.497 e. The second kappa shape index (κ2) is 8.19. The van der Waals surface area contributed by atoms with E-state index >= 15 is 0 Å². The highest BCUT2D eigenvalue weighted by atomic mass is 32.2. The van der Waals surface area contributed by atoms with Gasteiger partial charge in [-0.2, -0.15) is 0 Å². The van der Waals surface area contributed by atoms with Crippen LogP contribution in [0.4, 0.5) is 5.69 Å². The van der Waals surface area contributed by atoms with E-state index in [0.717, 1.165) is 21.8 Å². The zero-order chi connectivity index (χ0) is 19.3. The van der Waals surface area contributed by atoms with Crippen molar-refractivity contribution in [3.63, 3.8) is 0 Å². The minimum atomic E-state index is -0.144. The molecule has 5 nitrogen and oxygen atoms in total. The van der Waals surface area contributed by atoms with Crippen molar-refractivity contribution in [2.45, 2.75) is 10.9 Å². The third-order valence-corrected chi connectivity index (χ3v) is 5.24. The second-order valence-electron chi connectivity index (χ2n) is 6.19. The van der Waals surface area contributed by atoms with Crippen LogP contribution in [-0.4, -0.2) is 23.0 Å². The third-order valence-electron chi connectivity index (χ3n) is 4.32. The highest BCUT2D eigenvalue weighted by molar-refractivity contribution is 7.98. The van der Waals surface area contributed by atoms with Crippen molar-refractivity contribution in [1.82, 2.24) is 9.97 Å². The summed E-state index contributed by atoms with van der Waals surface area (Å²) in [5.41, 5.74) is 4.24. The molecule has 0 saturated carbocycles. The molecule has 140 valence electrons. The number of carbonyl (C=O) groups is 1. The summed E-state index contributed by atoms with van der Waals surface area (Å²) in [5.74, 6) is 1.20. The average Bonchev–Trinajstić information content (AvgIpc) is 3.15. The molecule has 0 aliphatic heterocycles. The number of rotatable bonds is 6. The van der Waals surface area contributed by atoms with Gasteiger partial charge in [0.15, 0.2) is 5.16 Å². The summed E-state index contributed by atoms with van der Waals surface area (Å²) in [6.07, 6.45) is 0. The number of hydrogen-bond acceptors (Lipinski definition) is 4. The zero-order valence-electron chi connectivity index (χ0n) is 15.3. The Bertz CT molecular complexity index is 1090. The summed E-state index contributed by atoms with van der Waals surface area (Å²) in [7, 11) is 1.60. The monoisotopic (exact) mass is 389 g/mol. The Balaban J connectivity index is 1.50. The minimum absolute atomic E-state index is 0.144. The number of aromatic amines is 1. The first-order valence-electron chi connectivity index (χ1n) is 8.84. The molecular weight excluding hydrogens is 370 g/mol. The van der Waals surface area contributed by atoms with Crippen LogP contribution in [0.25, 0.3) is 11.0 Å². The molecule has 2 N–H and O–H groups in total. The van der Waals surface area contributed by atoms with Crippen molar-refractivity contribution in [3.8, 4) is 5.75 Å². The van der Waals surface area contributed by atoms with E-state index < -0.39 is 0 Å². The Morgan fingerprint density at radius 3 is 2.75 bits per heavy atom. The standard InChI is InChI=1S/C22H19N3O2S/c1-27-17-9-6-8-16(13-17)23-21(26)18-10-3-2-7-15(18)14-28-22-24-19-11-4-5-12-20(19)25-22/h2-13H,14H2,1H3,(H,23,26)(H,24,25). The molecule has 1 heterocycles. The summed E-state index contributed by atoms with van der Waals surface area (Å²) in [4.78, 5) is 20.7. The van der Waals surface area contributed by atoms with Gasteiger partial charge in [-0.05, 0) is 35.9 Å². The molecule has 0 bridgehead atoms. The molecule has 0 fully saturated rings. The maximum absolute atomic E-state index is 12.8. The van der Waals surface area contributed by atoms with E-state index in [2.05, 4.69) is 15.3 Å². The van der Waals surface area contributed by atoms with Crippen molar-refractivity contribution >= 4 is 34.4 Å². The van der Waals surface area contributed by atoms with E-state index in [9.17, 15) is 4.79 Å². The molecule has 6 heteroatoms. The maximum atomic E-state index is 12.8. The first-order chi connectivity index (χ1) is 13.7. The number of amides is 1. The Morgan fingerprint density at radius 2 is 1.89 bits per heavy atom. The van der Waals surface area contributed by atoms with Crippen molar-refractivity contribution < 1.29 is 9.53 Å². The van der Waals surface area contributed by atoms with Crippen molar-refractivity contribution in [2.24, 2.45) is 0 Å². The SMILES string of the molecule is COc1cccc(NC(=O)c2ccccc2CSc2nc3ccccc3[nH]2)c1. The number of nitrogens with zero attached hydrogens (tertiary/aromatic N) is 1. The highest BCUT2D eigenvalue weighted by Gasteiger charge is 2.13. The van der Waals surface area contributed by atoms with Crippen LogP contribution in [0.15, 0.2) is 78.0 Å². The number of carbonyl (C=O) groups excluding carboxylic acids is 1. The molecular formula is C22H19N3O2S. The first kappa shape index (κ1) is 18.1. The summed E-state index contributed by atoms with van der Waals surface area (Å²) < 4.78 is 5.21. The number of H-pyrrole nitrogens is 1. The molecule has 0 atom stereocenters. The summed E-state index contributed by atoms with van der Waals surface area (Å²) in [5, 5.41) is 3.78. The first-order valence-corrected chi connectivity index (χ1v) is 9.82. The number of aromatic nitrogens is 2. The Hall–Kier alpha value is -3.25. The normalized spacial score (nSPS) is 10.8. The number of para-hydroxylation sites is 2. The molecule has 28 heavy (non-hydrogen) atoms. The van der Waals surface area contributed by atoms with Gasteiger partial charge in [-0.15, -0.1) is 0 Å². The van der Waals surface area contributed by atoms with Gasteiger partial charge in [-0.1, -0.05) is 48.2 Å². The predicted molar refractivity (Wildman–Crippen MR) is 113 cm³/mol. The van der Waals surface area contributed by atoms with Gasteiger partial charge in [0.05, 0.1) is 18.1 Å². The number of ether oxygens (including phenoxy) is 1. The molecule has 3 aromatic carbocycles. The van der Waals surface area contributed by atoms with E-state index in [1.165, 1.54) is 0 Å². The fraction of sp³-hybridized carbons (Fsp3) is 0.0909.